The fourth-order valence-electron chi connectivity index (χ4n) is 1.43. The van der Waals surface area contributed by atoms with E-state index in [1.54, 1.807) is 7.11 Å². The molecule has 1 fully saturated rings. The molecule has 0 radical (unpaired) electrons. The van der Waals surface area contributed by atoms with Gasteiger partial charge in [-0.3, -0.25) is 0 Å². The second-order valence-electron chi connectivity index (χ2n) is 2.84. The summed E-state index contributed by atoms with van der Waals surface area (Å²) in [5, 5.41) is 8.56. The molecule has 0 saturated heterocycles. The number of methoxy groups -OCH3 is 1. The SMILES string of the molecule is COC1CCC(C#N)CC1. The summed E-state index contributed by atoms with van der Waals surface area (Å²) in [6, 6.07) is 2.29. The Balaban J connectivity index is 2.25. The van der Waals surface area contributed by atoms with Crippen LogP contribution in [0.2, 0.25) is 0 Å². The Kier molecular flexibility index (Phi) is 2.70. The highest BCUT2D eigenvalue weighted by Crippen LogP contribution is 2.24. The van der Waals surface area contributed by atoms with Crippen molar-refractivity contribution in [2.24, 2.45) is 5.92 Å². The molecule has 0 aromatic rings. The molecule has 0 heterocycles. The molecule has 56 valence electrons. The van der Waals surface area contributed by atoms with Gasteiger partial charge in [0.25, 0.3) is 0 Å². The van der Waals surface area contributed by atoms with Crippen LogP contribution >= 0.6 is 0 Å². The van der Waals surface area contributed by atoms with Gasteiger partial charge in [0.15, 0.2) is 0 Å². The maximum absolute atomic E-state index is 8.56. The van der Waals surface area contributed by atoms with Crippen LogP contribution in [-0.4, -0.2) is 13.2 Å². The van der Waals surface area contributed by atoms with E-state index in [1.165, 1.54) is 0 Å². The Morgan fingerprint density at radius 3 is 2.30 bits per heavy atom. The first-order chi connectivity index (χ1) is 4.86. The van der Waals surface area contributed by atoms with Crippen molar-refractivity contribution < 1.29 is 4.74 Å². The van der Waals surface area contributed by atoms with Gasteiger partial charge in [0.05, 0.1) is 12.2 Å². The molecule has 2 heteroatoms. The molecular formula is C8H13NO. The van der Waals surface area contributed by atoms with E-state index >= 15 is 0 Å². The molecule has 0 N–H and O–H groups in total. The zero-order chi connectivity index (χ0) is 7.40. The summed E-state index contributed by atoms with van der Waals surface area (Å²) in [6.07, 6.45) is 4.60. The van der Waals surface area contributed by atoms with Crippen molar-refractivity contribution in [3.05, 3.63) is 0 Å². The number of nitrogens with zero attached hydrogens (tertiary/aromatic N) is 1. The van der Waals surface area contributed by atoms with E-state index in [0.717, 1.165) is 25.7 Å². The first-order valence-corrected chi connectivity index (χ1v) is 3.79. The van der Waals surface area contributed by atoms with Crippen molar-refractivity contribution in [1.29, 1.82) is 5.26 Å². The van der Waals surface area contributed by atoms with Crippen LogP contribution in [0.25, 0.3) is 0 Å². The van der Waals surface area contributed by atoms with Gasteiger partial charge in [0, 0.05) is 13.0 Å². The number of rotatable bonds is 1. The standard InChI is InChI=1S/C8H13NO/c1-10-8-4-2-7(6-9)3-5-8/h7-8H,2-5H2,1H3. The Labute approximate surface area is 61.8 Å². The highest BCUT2D eigenvalue weighted by Gasteiger charge is 2.19. The van der Waals surface area contributed by atoms with Crippen LogP contribution in [0, 0.1) is 17.2 Å². The molecule has 0 spiro atoms. The molecule has 0 aliphatic heterocycles. The van der Waals surface area contributed by atoms with Crippen LogP contribution in [-0.2, 0) is 4.74 Å². The van der Waals surface area contributed by atoms with Gasteiger partial charge in [0.1, 0.15) is 0 Å². The molecule has 0 amide bonds. The third-order valence-electron chi connectivity index (χ3n) is 2.19. The maximum Gasteiger partial charge on any atom is 0.0655 e. The minimum absolute atomic E-state index is 0.298. The monoisotopic (exact) mass is 139 g/mol. The number of ether oxygens (including phenoxy) is 1. The zero-order valence-corrected chi connectivity index (χ0v) is 6.34. The minimum atomic E-state index is 0.298. The molecule has 0 atom stereocenters. The number of hydrogen-bond donors (Lipinski definition) is 0. The van der Waals surface area contributed by atoms with E-state index in [1.807, 2.05) is 0 Å². The first-order valence-electron chi connectivity index (χ1n) is 3.79. The lowest BCUT2D eigenvalue weighted by atomic mass is 9.88. The minimum Gasteiger partial charge on any atom is -0.381 e. The average molecular weight is 139 g/mol. The normalized spacial score (nSPS) is 33.2. The summed E-state index contributed by atoms with van der Waals surface area (Å²) in [7, 11) is 1.75. The van der Waals surface area contributed by atoms with E-state index < -0.39 is 0 Å². The Hall–Kier alpha value is -0.550. The predicted octanol–water partition coefficient (Wildman–Crippen LogP) is 1.72. The van der Waals surface area contributed by atoms with Crippen LogP contribution in [0.4, 0.5) is 0 Å². The van der Waals surface area contributed by atoms with Crippen molar-refractivity contribution in [3.8, 4) is 6.07 Å². The highest BCUT2D eigenvalue weighted by molar-refractivity contribution is 4.87. The lowest BCUT2D eigenvalue weighted by Crippen LogP contribution is -2.19. The molecule has 1 saturated carbocycles. The lowest BCUT2D eigenvalue weighted by Gasteiger charge is -2.22. The second-order valence-corrected chi connectivity index (χ2v) is 2.84. The van der Waals surface area contributed by atoms with Crippen LogP contribution in [0.15, 0.2) is 0 Å². The van der Waals surface area contributed by atoms with E-state index in [9.17, 15) is 0 Å². The van der Waals surface area contributed by atoms with E-state index in [0.29, 0.717) is 12.0 Å². The Bertz CT molecular complexity index is 131. The molecule has 2 nitrogen and oxygen atoms in total. The average Bonchev–Trinajstić information content (AvgIpc) is 2.05. The molecule has 1 aliphatic rings. The lowest BCUT2D eigenvalue weighted by molar-refractivity contribution is 0.0635. The molecule has 1 aliphatic carbocycles. The third kappa shape index (κ3) is 1.71. The van der Waals surface area contributed by atoms with Crippen LogP contribution < -0.4 is 0 Å². The second kappa shape index (κ2) is 3.58. The van der Waals surface area contributed by atoms with Crippen molar-refractivity contribution in [1.82, 2.24) is 0 Å². The van der Waals surface area contributed by atoms with Gasteiger partial charge in [0.2, 0.25) is 0 Å². The van der Waals surface area contributed by atoms with Gasteiger partial charge in [-0.1, -0.05) is 0 Å². The Morgan fingerprint density at radius 1 is 1.30 bits per heavy atom. The summed E-state index contributed by atoms with van der Waals surface area (Å²) in [6.45, 7) is 0. The van der Waals surface area contributed by atoms with E-state index in [-0.39, 0.29) is 0 Å². The highest BCUT2D eigenvalue weighted by atomic mass is 16.5. The fourth-order valence-corrected chi connectivity index (χ4v) is 1.43. The topological polar surface area (TPSA) is 33.0 Å². The zero-order valence-electron chi connectivity index (χ0n) is 6.34. The summed E-state index contributed by atoms with van der Waals surface area (Å²) < 4.78 is 5.17. The number of hydrogen-bond acceptors (Lipinski definition) is 2. The molecule has 1 rings (SSSR count). The van der Waals surface area contributed by atoms with E-state index in [2.05, 4.69) is 6.07 Å². The van der Waals surface area contributed by atoms with Gasteiger partial charge >= 0.3 is 0 Å². The van der Waals surface area contributed by atoms with E-state index in [4.69, 9.17) is 10.00 Å². The smallest absolute Gasteiger partial charge is 0.0655 e. The van der Waals surface area contributed by atoms with Crippen molar-refractivity contribution in [2.75, 3.05) is 7.11 Å². The predicted molar refractivity (Wildman–Crippen MR) is 38.4 cm³/mol. The first kappa shape index (κ1) is 7.56. The van der Waals surface area contributed by atoms with Gasteiger partial charge in [-0.25, -0.2) is 0 Å². The summed E-state index contributed by atoms with van der Waals surface area (Å²) >= 11 is 0. The number of nitriles is 1. The van der Waals surface area contributed by atoms with Gasteiger partial charge < -0.3 is 4.74 Å². The molecule has 0 bridgehead atoms. The molecule has 0 aromatic carbocycles. The van der Waals surface area contributed by atoms with Crippen LogP contribution in [0.3, 0.4) is 0 Å². The van der Waals surface area contributed by atoms with Gasteiger partial charge in [-0.2, -0.15) is 5.26 Å². The summed E-state index contributed by atoms with van der Waals surface area (Å²) in [5.74, 6) is 0.298. The quantitative estimate of drug-likeness (QED) is 0.554. The fraction of sp³-hybridized carbons (Fsp3) is 0.875. The largest absolute Gasteiger partial charge is 0.381 e. The van der Waals surface area contributed by atoms with Gasteiger partial charge in [-0.15, -0.1) is 0 Å². The van der Waals surface area contributed by atoms with Crippen molar-refractivity contribution >= 4 is 0 Å². The van der Waals surface area contributed by atoms with Crippen molar-refractivity contribution in [2.45, 2.75) is 31.8 Å². The molecule has 0 aromatic heterocycles. The van der Waals surface area contributed by atoms with Crippen LogP contribution in [0.5, 0.6) is 0 Å². The van der Waals surface area contributed by atoms with Crippen LogP contribution in [0.1, 0.15) is 25.7 Å². The van der Waals surface area contributed by atoms with Crippen molar-refractivity contribution in [3.63, 3.8) is 0 Å². The summed E-state index contributed by atoms with van der Waals surface area (Å²) in [5.41, 5.74) is 0. The third-order valence-corrected chi connectivity index (χ3v) is 2.19. The molecule has 0 unspecified atom stereocenters. The maximum atomic E-state index is 8.56. The summed E-state index contributed by atoms with van der Waals surface area (Å²) in [4.78, 5) is 0. The molecule has 10 heavy (non-hydrogen) atoms. The van der Waals surface area contributed by atoms with Gasteiger partial charge in [-0.05, 0) is 25.7 Å². The Morgan fingerprint density at radius 2 is 1.90 bits per heavy atom. The molecular weight excluding hydrogens is 126 g/mol.